The number of amides is 1. The van der Waals surface area contributed by atoms with Gasteiger partial charge in [0.15, 0.2) is 0 Å². The van der Waals surface area contributed by atoms with Crippen molar-refractivity contribution in [2.45, 2.75) is 26.3 Å². The summed E-state index contributed by atoms with van der Waals surface area (Å²) in [5.74, 6) is 0.689. The van der Waals surface area contributed by atoms with E-state index < -0.39 is 0 Å². The first-order valence-corrected chi connectivity index (χ1v) is 10.0. The number of nitro benzene ring substituents is 1. The van der Waals surface area contributed by atoms with Crippen molar-refractivity contribution >= 4 is 17.3 Å². The molecule has 1 saturated heterocycles. The van der Waals surface area contributed by atoms with Gasteiger partial charge in [-0.2, -0.15) is 5.10 Å². The average Bonchev–Trinajstić information content (AvgIpc) is 2.78. The normalized spacial score (nSPS) is 19.2. The minimum Gasteiger partial charge on any atom is -0.497 e. The van der Waals surface area contributed by atoms with Crippen LogP contribution in [0, 0.1) is 16.0 Å². The Kier molecular flexibility index (Phi) is 7.13. The van der Waals surface area contributed by atoms with Crippen LogP contribution in [0.25, 0.3) is 0 Å². The summed E-state index contributed by atoms with van der Waals surface area (Å²) >= 11 is 0. The van der Waals surface area contributed by atoms with Crippen LogP contribution < -0.4 is 15.1 Å². The monoisotopic (exact) mass is 411 g/mol. The summed E-state index contributed by atoms with van der Waals surface area (Å²) in [4.78, 5) is 24.2. The van der Waals surface area contributed by atoms with E-state index in [-0.39, 0.29) is 22.4 Å². The molecule has 1 aliphatic rings. The number of hydrazone groups is 1. The molecule has 8 heteroatoms. The summed E-state index contributed by atoms with van der Waals surface area (Å²) in [7, 11) is 1.62. The fraction of sp³-hybridized carbons (Fsp3) is 0.364. The zero-order valence-corrected chi connectivity index (χ0v) is 17.3. The molecule has 1 amide bonds. The quantitative estimate of drug-likeness (QED) is 0.413. The van der Waals surface area contributed by atoms with Crippen molar-refractivity contribution in [2.24, 2.45) is 11.0 Å². The molecule has 2 aromatic carbocycles. The van der Waals surface area contributed by atoms with Crippen LogP contribution >= 0.6 is 0 Å². The summed E-state index contributed by atoms with van der Waals surface area (Å²) < 4.78 is 5.15. The number of ether oxygens (including phenoxy) is 1. The van der Waals surface area contributed by atoms with Gasteiger partial charge in [-0.05, 0) is 48.9 Å². The number of carbonyl (C=O) groups excluding carboxylic acids is 1. The zero-order chi connectivity index (χ0) is 21.5. The van der Waals surface area contributed by atoms with Crippen LogP contribution in [0.4, 0.5) is 5.69 Å². The molecule has 8 nitrogen and oxygen atoms in total. The smallest absolute Gasteiger partial charge is 0.269 e. The Labute approximate surface area is 175 Å². The molecular formula is C22H27N4O4+. The van der Waals surface area contributed by atoms with E-state index in [1.807, 2.05) is 31.2 Å². The average molecular weight is 411 g/mol. The number of likely N-dealkylation sites (tertiary alicyclic amines) is 1. The molecule has 0 spiro atoms. The van der Waals surface area contributed by atoms with Crippen molar-refractivity contribution in [3.8, 4) is 5.75 Å². The molecule has 0 aliphatic carbocycles. The molecule has 0 bridgehead atoms. The van der Waals surface area contributed by atoms with E-state index in [4.69, 9.17) is 4.74 Å². The predicted octanol–water partition coefficient (Wildman–Crippen LogP) is 1.94. The molecule has 1 heterocycles. The van der Waals surface area contributed by atoms with Crippen LogP contribution in [0.2, 0.25) is 0 Å². The summed E-state index contributed by atoms with van der Waals surface area (Å²) in [6, 6.07) is 14.2. The van der Waals surface area contributed by atoms with Crippen LogP contribution in [0.5, 0.6) is 5.75 Å². The SMILES string of the molecule is COc1ccc(/C(C)=N\NC(=O)C2CC[NH+](Cc3ccc([N+](=O)[O-])cc3)CC2)cc1. The number of quaternary nitrogens is 1. The molecule has 30 heavy (non-hydrogen) atoms. The van der Waals surface area contributed by atoms with Crippen LogP contribution in [-0.2, 0) is 11.3 Å². The molecule has 0 unspecified atom stereocenters. The highest BCUT2D eigenvalue weighted by Gasteiger charge is 2.27. The first kappa shape index (κ1) is 21.4. The Morgan fingerprint density at radius 2 is 1.80 bits per heavy atom. The lowest BCUT2D eigenvalue weighted by Gasteiger charge is -2.28. The maximum absolute atomic E-state index is 12.5. The Balaban J connectivity index is 1.46. The minimum absolute atomic E-state index is 0.0435. The molecule has 158 valence electrons. The highest BCUT2D eigenvalue weighted by molar-refractivity contribution is 5.99. The lowest BCUT2D eigenvalue weighted by Crippen LogP contribution is -3.11. The fourth-order valence-corrected chi connectivity index (χ4v) is 3.62. The van der Waals surface area contributed by atoms with Crippen molar-refractivity contribution in [1.82, 2.24) is 5.43 Å². The molecule has 0 radical (unpaired) electrons. The van der Waals surface area contributed by atoms with Gasteiger partial charge in [0.1, 0.15) is 12.3 Å². The second-order valence-corrected chi connectivity index (χ2v) is 7.53. The number of hydrogen-bond acceptors (Lipinski definition) is 5. The third kappa shape index (κ3) is 5.64. The van der Waals surface area contributed by atoms with Gasteiger partial charge in [-0.15, -0.1) is 0 Å². The Morgan fingerprint density at radius 1 is 1.17 bits per heavy atom. The van der Waals surface area contributed by atoms with Gasteiger partial charge in [0.25, 0.3) is 5.69 Å². The molecule has 1 aliphatic heterocycles. The van der Waals surface area contributed by atoms with Gasteiger partial charge < -0.3 is 9.64 Å². The molecular weight excluding hydrogens is 384 g/mol. The molecule has 0 saturated carbocycles. The lowest BCUT2D eigenvalue weighted by atomic mass is 9.96. The van der Waals surface area contributed by atoms with Crippen molar-refractivity contribution in [2.75, 3.05) is 20.2 Å². The molecule has 1 fully saturated rings. The standard InChI is InChI=1S/C22H26N4O4/c1-16(18-5-9-21(30-2)10-6-18)23-24-22(27)19-11-13-25(14-12-19)15-17-3-7-20(8-4-17)26(28)29/h3-10,19H,11-15H2,1-2H3,(H,24,27)/p+1/b23-16-. The number of benzene rings is 2. The van der Waals surface area contributed by atoms with Crippen LogP contribution in [0.1, 0.15) is 30.9 Å². The predicted molar refractivity (Wildman–Crippen MR) is 114 cm³/mol. The third-order valence-electron chi connectivity index (χ3n) is 5.51. The topological polar surface area (TPSA) is 98.3 Å². The van der Waals surface area contributed by atoms with E-state index in [0.29, 0.717) is 0 Å². The number of hydrogen-bond donors (Lipinski definition) is 2. The Bertz CT molecular complexity index is 902. The number of nitrogens with one attached hydrogen (secondary N) is 2. The first-order valence-electron chi connectivity index (χ1n) is 10.0. The van der Waals surface area contributed by atoms with E-state index in [9.17, 15) is 14.9 Å². The molecule has 2 N–H and O–H groups in total. The van der Waals surface area contributed by atoms with Gasteiger partial charge in [-0.1, -0.05) is 0 Å². The van der Waals surface area contributed by atoms with E-state index in [1.165, 1.54) is 17.0 Å². The number of carbonyl (C=O) groups is 1. The van der Waals surface area contributed by atoms with Crippen molar-refractivity contribution < 1.29 is 19.4 Å². The summed E-state index contributed by atoms with van der Waals surface area (Å²) in [6.45, 7) is 4.44. The highest BCUT2D eigenvalue weighted by Crippen LogP contribution is 2.14. The van der Waals surface area contributed by atoms with E-state index >= 15 is 0 Å². The zero-order valence-electron chi connectivity index (χ0n) is 17.3. The van der Waals surface area contributed by atoms with Crippen molar-refractivity contribution in [1.29, 1.82) is 0 Å². The maximum atomic E-state index is 12.5. The molecule has 0 aromatic heterocycles. The number of nitrogens with zero attached hydrogens (tertiary/aromatic N) is 2. The third-order valence-corrected chi connectivity index (χ3v) is 5.51. The van der Waals surface area contributed by atoms with Gasteiger partial charge in [-0.3, -0.25) is 14.9 Å². The van der Waals surface area contributed by atoms with Crippen LogP contribution in [0.15, 0.2) is 53.6 Å². The fourth-order valence-electron chi connectivity index (χ4n) is 3.62. The van der Waals surface area contributed by atoms with Gasteiger partial charge in [0.05, 0.1) is 36.8 Å². The number of nitro groups is 1. The van der Waals surface area contributed by atoms with Crippen LogP contribution in [0.3, 0.4) is 0 Å². The first-order chi connectivity index (χ1) is 14.5. The van der Waals surface area contributed by atoms with Crippen molar-refractivity contribution in [3.63, 3.8) is 0 Å². The summed E-state index contributed by atoms with van der Waals surface area (Å²) in [5, 5.41) is 15.0. The maximum Gasteiger partial charge on any atom is 0.269 e. The second kappa shape index (κ2) is 9.98. The molecule has 3 rings (SSSR count). The van der Waals surface area contributed by atoms with Gasteiger partial charge >= 0.3 is 0 Å². The lowest BCUT2D eigenvalue weighted by molar-refractivity contribution is -0.919. The number of methoxy groups -OCH3 is 1. The Hall–Kier alpha value is -3.26. The van der Waals surface area contributed by atoms with Gasteiger partial charge in [0.2, 0.25) is 5.91 Å². The van der Waals surface area contributed by atoms with Crippen LogP contribution in [-0.4, -0.2) is 36.7 Å². The largest absolute Gasteiger partial charge is 0.497 e. The second-order valence-electron chi connectivity index (χ2n) is 7.53. The summed E-state index contributed by atoms with van der Waals surface area (Å²) in [5.41, 5.74) is 5.55. The molecule has 2 aromatic rings. The minimum atomic E-state index is -0.389. The Morgan fingerprint density at radius 3 is 2.37 bits per heavy atom. The van der Waals surface area contributed by atoms with Gasteiger partial charge in [0, 0.05) is 30.5 Å². The number of piperidine rings is 1. The highest BCUT2D eigenvalue weighted by atomic mass is 16.6. The van der Waals surface area contributed by atoms with E-state index in [2.05, 4.69) is 10.5 Å². The van der Waals surface area contributed by atoms with E-state index in [1.54, 1.807) is 19.2 Å². The van der Waals surface area contributed by atoms with Gasteiger partial charge in [-0.25, -0.2) is 5.43 Å². The number of rotatable bonds is 7. The van der Waals surface area contributed by atoms with Crippen molar-refractivity contribution in [3.05, 3.63) is 69.8 Å². The number of non-ortho nitro benzene ring substituents is 1. The summed E-state index contributed by atoms with van der Waals surface area (Å²) in [6.07, 6.45) is 1.59. The van der Waals surface area contributed by atoms with E-state index in [0.717, 1.165) is 55.1 Å². The molecule has 0 atom stereocenters.